The number of para-hydroxylation sites is 4. The highest BCUT2D eigenvalue weighted by molar-refractivity contribution is 6.09. The molecule has 1 aliphatic carbocycles. The van der Waals surface area contributed by atoms with Crippen LogP contribution in [-0.4, -0.2) is 19.5 Å². The maximum absolute atomic E-state index is 6.58. The second kappa shape index (κ2) is 12.2. The van der Waals surface area contributed by atoms with Crippen molar-refractivity contribution in [3.05, 3.63) is 216 Å². The van der Waals surface area contributed by atoms with Crippen molar-refractivity contribution in [2.45, 2.75) is 5.41 Å². The number of ether oxygens (including phenoxy) is 1. The van der Waals surface area contributed by atoms with E-state index in [0.717, 1.165) is 56.1 Å². The van der Waals surface area contributed by atoms with E-state index in [-0.39, 0.29) is 0 Å². The average molecular weight is 729 g/mol. The maximum Gasteiger partial charge on any atom is 0.164 e. The molecular formula is C52H32N4O. The van der Waals surface area contributed by atoms with Crippen LogP contribution < -0.4 is 4.74 Å². The summed E-state index contributed by atoms with van der Waals surface area (Å²) < 4.78 is 8.91. The maximum atomic E-state index is 6.58. The fourth-order valence-corrected chi connectivity index (χ4v) is 9.39. The van der Waals surface area contributed by atoms with Gasteiger partial charge >= 0.3 is 0 Å². The van der Waals surface area contributed by atoms with Gasteiger partial charge in [0, 0.05) is 44.3 Å². The van der Waals surface area contributed by atoms with E-state index in [2.05, 4.69) is 168 Å². The van der Waals surface area contributed by atoms with Gasteiger partial charge in [-0.1, -0.05) is 146 Å². The summed E-state index contributed by atoms with van der Waals surface area (Å²) in [6.07, 6.45) is 0. The van der Waals surface area contributed by atoms with Crippen molar-refractivity contribution in [1.82, 2.24) is 19.5 Å². The molecule has 266 valence electrons. The molecule has 0 saturated carbocycles. The third kappa shape index (κ3) is 4.54. The van der Waals surface area contributed by atoms with Gasteiger partial charge in [0.25, 0.3) is 0 Å². The number of benzene rings is 8. The number of nitrogens with zero attached hydrogens (tertiary/aromatic N) is 4. The van der Waals surface area contributed by atoms with E-state index < -0.39 is 5.41 Å². The van der Waals surface area contributed by atoms with Gasteiger partial charge in [0.1, 0.15) is 11.5 Å². The van der Waals surface area contributed by atoms with E-state index in [1.807, 2.05) is 30.3 Å². The fourth-order valence-electron chi connectivity index (χ4n) is 9.39. The Kier molecular flexibility index (Phi) is 6.78. The van der Waals surface area contributed by atoms with Gasteiger partial charge in [-0.25, -0.2) is 15.0 Å². The van der Waals surface area contributed by atoms with Crippen molar-refractivity contribution in [3.63, 3.8) is 0 Å². The molecule has 57 heavy (non-hydrogen) atoms. The van der Waals surface area contributed by atoms with E-state index in [1.165, 1.54) is 32.9 Å². The molecule has 8 aromatic carbocycles. The second-order valence-corrected chi connectivity index (χ2v) is 14.7. The van der Waals surface area contributed by atoms with Crippen LogP contribution in [0.4, 0.5) is 0 Å². The lowest BCUT2D eigenvalue weighted by Crippen LogP contribution is -2.32. The van der Waals surface area contributed by atoms with Gasteiger partial charge in [0.05, 0.1) is 16.4 Å². The first kappa shape index (κ1) is 31.7. The van der Waals surface area contributed by atoms with Gasteiger partial charge in [-0.2, -0.15) is 0 Å². The number of hydrogen-bond acceptors (Lipinski definition) is 4. The average Bonchev–Trinajstić information content (AvgIpc) is 3.78. The zero-order valence-electron chi connectivity index (χ0n) is 30.7. The Hall–Kier alpha value is -7.63. The molecule has 0 bridgehead atoms. The smallest absolute Gasteiger partial charge is 0.164 e. The monoisotopic (exact) mass is 728 g/mol. The van der Waals surface area contributed by atoms with Crippen LogP contribution in [0.1, 0.15) is 22.3 Å². The largest absolute Gasteiger partial charge is 0.457 e. The molecule has 1 aliphatic heterocycles. The molecule has 5 nitrogen and oxygen atoms in total. The third-order valence-corrected chi connectivity index (χ3v) is 11.7. The summed E-state index contributed by atoms with van der Waals surface area (Å²) in [4.78, 5) is 15.7. The standard InChI is InChI=1S/C52H32N4O/c1-2-15-33(16-3-1)49-53-50(34-29-31-35(32-30-34)56-44-25-10-5-17-36(44)37-18-6-11-26-45(37)56)55-51(54-49)39-20-14-24-43-48(39)38-19-4-7-21-40(38)52(43)41-22-8-12-27-46(41)57-47-28-13-9-23-42(47)52/h1-32H. The highest BCUT2D eigenvalue weighted by Crippen LogP contribution is 2.63. The molecule has 10 aromatic rings. The SMILES string of the molecule is c1ccc(-c2nc(-c3ccc(-n4c5ccccc5c5ccccc54)cc3)nc(-c3cccc4c3-c3ccccc3C43c4ccccc4Oc4ccccc43)n2)cc1. The molecule has 3 heterocycles. The molecule has 0 atom stereocenters. The molecule has 0 N–H and O–H groups in total. The minimum atomic E-state index is -0.589. The van der Waals surface area contributed by atoms with Gasteiger partial charge in [-0.15, -0.1) is 0 Å². The van der Waals surface area contributed by atoms with E-state index in [9.17, 15) is 0 Å². The fraction of sp³-hybridized carbons (Fsp3) is 0.0192. The van der Waals surface area contributed by atoms with E-state index >= 15 is 0 Å². The van der Waals surface area contributed by atoms with Crippen LogP contribution in [0.25, 0.3) is 72.8 Å². The zero-order valence-corrected chi connectivity index (χ0v) is 30.7. The summed E-state index contributed by atoms with van der Waals surface area (Å²) >= 11 is 0. The van der Waals surface area contributed by atoms with Crippen molar-refractivity contribution in [2.24, 2.45) is 0 Å². The summed E-state index contributed by atoms with van der Waals surface area (Å²) in [6.45, 7) is 0. The van der Waals surface area contributed by atoms with Crippen LogP contribution in [0.3, 0.4) is 0 Å². The Morgan fingerprint density at radius 1 is 0.368 bits per heavy atom. The molecule has 12 rings (SSSR count). The Labute approximate surface area is 329 Å². The van der Waals surface area contributed by atoms with Crippen LogP contribution in [0.5, 0.6) is 11.5 Å². The van der Waals surface area contributed by atoms with E-state index in [4.69, 9.17) is 19.7 Å². The normalized spacial score (nSPS) is 13.2. The predicted molar refractivity (Wildman–Crippen MR) is 228 cm³/mol. The van der Waals surface area contributed by atoms with Crippen LogP contribution in [-0.2, 0) is 5.41 Å². The Morgan fingerprint density at radius 2 is 0.860 bits per heavy atom. The predicted octanol–water partition coefficient (Wildman–Crippen LogP) is 12.4. The third-order valence-electron chi connectivity index (χ3n) is 11.7. The van der Waals surface area contributed by atoms with Crippen LogP contribution in [0.15, 0.2) is 194 Å². The Morgan fingerprint density at radius 3 is 1.53 bits per heavy atom. The first-order valence-electron chi connectivity index (χ1n) is 19.3. The topological polar surface area (TPSA) is 52.8 Å². The van der Waals surface area contributed by atoms with Crippen LogP contribution in [0, 0.1) is 0 Å². The molecular weight excluding hydrogens is 697 g/mol. The van der Waals surface area contributed by atoms with Gasteiger partial charge in [-0.05, 0) is 70.8 Å². The lowest BCUT2D eigenvalue weighted by molar-refractivity contribution is 0.436. The van der Waals surface area contributed by atoms with E-state index in [1.54, 1.807) is 0 Å². The molecule has 1 spiro atoms. The summed E-state index contributed by atoms with van der Waals surface area (Å²) in [5.74, 6) is 3.60. The lowest BCUT2D eigenvalue weighted by Gasteiger charge is -2.39. The molecule has 0 amide bonds. The van der Waals surface area contributed by atoms with Crippen molar-refractivity contribution in [3.8, 4) is 62.5 Å². The summed E-state index contributed by atoms with van der Waals surface area (Å²) in [6, 6.07) is 68.2. The summed E-state index contributed by atoms with van der Waals surface area (Å²) in [5.41, 5.74) is 12.6. The Balaban J connectivity index is 1.07. The number of fused-ring (bicyclic) bond motifs is 12. The van der Waals surface area contributed by atoms with Crippen molar-refractivity contribution in [2.75, 3.05) is 0 Å². The molecule has 2 aromatic heterocycles. The van der Waals surface area contributed by atoms with Gasteiger partial charge in [-0.3, -0.25) is 0 Å². The first-order valence-corrected chi connectivity index (χ1v) is 19.3. The number of rotatable bonds is 4. The summed E-state index contributed by atoms with van der Waals surface area (Å²) in [7, 11) is 0. The van der Waals surface area contributed by atoms with Gasteiger partial charge in [0.2, 0.25) is 0 Å². The first-order chi connectivity index (χ1) is 28.3. The second-order valence-electron chi connectivity index (χ2n) is 14.7. The highest BCUT2D eigenvalue weighted by Gasteiger charge is 2.51. The van der Waals surface area contributed by atoms with Crippen molar-refractivity contribution < 1.29 is 4.74 Å². The highest BCUT2D eigenvalue weighted by atomic mass is 16.5. The molecule has 5 heteroatoms. The van der Waals surface area contributed by atoms with Gasteiger partial charge in [0.15, 0.2) is 17.5 Å². The molecule has 0 radical (unpaired) electrons. The minimum Gasteiger partial charge on any atom is -0.457 e. The zero-order chi connectivity index (χ0) is 37.5. The van der Waals surface area contributed by atoms with Crippen molar-refractivity contribution >= 4 is 21.8 Å². The number of hydrogen-bond donors (Lipinski definition) is 0. The summed E-state index contributed by atoms with van der Waals surface area (Å²) in [5, 5.41) is 2.47. The van der Waals surface area contributed by atoms with E-state index in [0.29, 0.717) is 17.5 Å². The lowest BCUT2D eigenvalue weighted by atomic mass is 9.66. The quantitative estimate of drug-likeness (QED) is 0.181. The van der Waals surface area contributed by atoms with Crippen LogP contribution >= 0.6 is 0 Å². The number of aromatic nitrogens is 4. The van der Waals surface area contributed by atoms with Crippen molar-refractivity contribution in [1.29, 1.82) is 0 Å². The minimum absolute atomic E-state index is 0.589. The van der Waals surface area contributed by atoms with Gasteiger partial charge < -0.3 is 9.30 Å². The molecule has 0 unspecified atom stereocenters. The molecule has 0 fully saturated rings. The Bertz CT molecular complexity index is 3120. The molecule has 0 saturated heterocycles. The van der Waals surface area contributed by atoms with Crippen LogP contribution in [0.2, 0.25) is 0 Å². The molecule has 2 aliphatic rings.